The normalized spacial score (nSPS) is 15.7. The first-order chi connectivity index (χ1) is 9.36. The van der Waals surface area contributed by atoms with Gasteiger partial charge in [0.05, 0.1) is 6.54 Å². The molecule has 0 radical (unpaired) electrons. The maximum absolute atomic E-state index is 10.6. The Hall–Kier alpha value is -2.13. The zero-order valence-corrected chi connectivity index (χ0v) is 10.6. The average molecular weight is 252 g/mol. The first kappa shape index (κ1) is 11.9. The molecule has 0 fully saturated rings. The van der Waals surface area contributed by atoms with Gasteiger partial charge in [-0.3, -0.25) is 4.99 Å². The number of hydrogen-bond donors (Lipinski definition) is 2. The molecule has 2 aromatic carbocycles. The van der Waals surface area contributed by atoms with Crippen molar-refractivity contribution in [3.63, 3.8) is 0 Å². The fraction of sp³-hybridized carbons (Fsp3) is 0.188. The van der Waals surface area contributed by atoms with E-state index >= 15 is 0 Å². The van der Waals surface area contributed by atoms with Crippen molar-refractivity contribution in [2.24, 2.45) is 4.99 Å². The summed E-state index contributed by atoms with van der Waals surface area (Å²) in [5, 5.41) is 13.8. The molecule has 2 aromatic rings. The van der Waals surface area contributed by atoms with Crippen LogP contribution in [0.4, 0.5) is 0 Å². The summed E-state index contributed by atoms with van der Waals surface area (Å²) in [7, 11) is 0. The minimum atomic E-state index is -0.623. The fourth-order valence-corrected chi connectivity index (χ4v) is 2.34. The molecule has 3 rings (SSSR count). The predicted octanol–water partition coefficient (Wildman–Crippen LogP) is 2.12. The Morgan fingerprint density at radius 1 is 1.00 bits per heavy atom. The number of aliphatic hydroxyl groups excluding tert-OH is 1. The highest BCUT2D eigenvalue weighted by Gasteiger charge is 2.18. The van der Waals surface area contributed by atoms with E-state index in [0.29, 0.717) is 0 Å². The molecular formula is C16H16N2O. The van der Waals surface area contributed by atoms with E-state index in [2.05, 4.69) is 10.3 Å². The molecule has 0 spiro atoms. The average Bonchev–Trinajstić information content (AvgIpc) is 3.01. The first-order valence-corrected chi connectivity index (χ1v) is 6.47. The van der Waals surface area contributed by atoms with Crippen LogP contribution in [0.2, 0.25) is 0 Å². The van der Waals surface area contributed by atoms with Crippen molar-refractivity contribution >= 4 is 5.84 Å². The summed E-state index contributed by atoms with van der Waals surface area (Å²) in [5.41, 5.74) is 2.77. The number of nitrogens with one attached hydrogen (secondary N) is 1. The maximum Gasteiger partial charge on any atom is 0.128 e. The lowest BCUT2D eigenvalue weighted by molar-refractivity contribution is 0.220. The molecule has 1 aliphatic rings. The highest BCUT2D eigenvalue weighted by atomic mass is 16.3. The van der Waals surface area contributed by atoms with Crippen LogP contribution in [0.15, 0.2) is 59.6 Å². The van der Waals surface area contributed by atoms with Crippen LogP contribution in [0.5, 0.6) is 0 Å². The second-order valence-electron chi connectivity index (χ2n) is 4.56. The first-order valence-electron chi connectivity index (χ1n) is 6.47. The zero-order chi connectivity index (χ0) is 13.1. The highest BCUT2D eigenvalue weighted by molar-refractivity contribution is 6.01. The second-order valence-corrected chi connectivity index (χ2v) is 4.56. The Balaban J connectivity index is 2.01. The molecule has 1 aliphatic heterocycles. The summed E-state index contributed by atoms with van der Waals surface area (Å²) in [6.45, 7) is 1.66. The summed E-state index contributed by atoms with van der Waals surface area (Å²) in [6.07, 6.45) is -0.623. The van der Waals surface area contributed by atoms with E-state index in [0.717, 1.165) is 35.6 Å². The summed E-state index contributed by atoms with van der Waals surface area (Å²) in [4.78, 5) is 4.44. The molecule has 1 heterocycles. The van der Waals surface area contributed by atoms with Gasteiger partial charge in [0.2, 0.25) is 0 Å². The maximum atomic E-state index is 10.6. The van der Waals surface area contributed by atoms with Gasteiger partial charge >= 0.3 is 0 Å². The van der Waals surface area contributed by atoms with E-state index in [9.17, 15) is 5.11 Å². The van der Waals surface area contributed by atoms with Gasteiger partial charge in [0.1, 0.15) is 11.9 Å². The SMILES string of the molecule is OC(c1ccccc1)c1ccccc1C1=NCCN1. The van der Waals surface area contributed by atoms with E-state index in [-0.39, 0.29) is 0 Å². The Morgan fingerprint density at radius 2 is 1.74 bits per heavy atom. The van der Waals surface area contributed by atoms with Gasteiger partial charge in [0.25, 0.3) is 0 Å². The lowest BCUT2D eigenvalue weighted by atomic mass is 9.96. The van der Waals surface area contributed by atoms with E-state index in [1.807, 2.05) is 54.6 Å². The summed E-state index contributed by atoms with van der Waals surface area (Å²) < 4.78 is 0. The lowest BCUT2D eigenvalue weighted by Gasteiger charge is -2.16. The van der Waals surface area contributed by atoms with Crippen LogP contribution in [0.3, 0.4) is 0 Å². The van der Waals surface area contributed by atoms with Gasteiger partial charge in [-0.15, -0.1) is 0 Å². The van der Waals surface area contributed by atoms with Gasteiger partial charge < -0.3 is 10.4 Å². The number of rotatable bonds is 3. The Morgan fingerprint density at radius 3 is 2.47 bits per heavy atom. The van der Waals surface area contributed by atoms with Gasteiger partial charge in [0.15, 0.2) is 0 Å². The fourth-order valence-electron chi connectivity index (χ4n) is 2.34. The number of amidine groups is 1. The van der Waals surface area contributed by atoms with Crippen molar-refractivity contribution < 1.29 is 5.11 Å². The minimum absolute atomic E-state index is 0.623. The standard InChI is InChI=1S/C16H16N2O/c19-15(12-6-2-1-3-7-12)13-8-4-5-9-14(13)16-17-10-11-18-16/h1-9,15,19H,10-11H2,(H,17,18). The Labute approximate surface area is 112 Å². The summed E-state index contributed by atoms with van der Waals surface area (Å²) in [6, 6.07) is 17.6. The van der Waals surface area contributed by atoms with Crippen LogP contribution in [-0.4, -0.2) is 24.0 Å². The van der Waals surface area contributed by atoms with Crippen LogP contribution < -0.4 is 5.32 Å². The van der Waals surface area contributed by atoms with Crippen LogP contribution in [-0.2, 0) is 0 Å². The minimum Gasteiger partial charge on any atom is -0.384 e. The molecule has 1 atom stereocenters. The summed E-state index contributed by atoms with van der Waals surface area (Å²) >= 11 is 0. The predicted molar refractivity (Wildman–Crippen MR) is 76.4 cm³/mol. The molecule has 1 unspecified atom stereocenters. The molecule has 0 bridgehead atoms. The number of aliphatic imine (C=N–C) groups is 1. The van der Waals surface area contributed by atoms with E-state index < -0.39 is 6.10 Å². The molecule has 0 saturated carbocycles. The van der Waals surface area contributed by atoms with Gasteiger partial charge in [0, 0.05) is 12.1 Å². The molecule has 2 N–H and O–H groups in total. The Bertz CT molecular complexity index is 593. The van der Waals surface area contributed by atoms with Crippen LogP contribution >= 0.6 is 0 Å². The molecule has 0 amide bonds. The number of benzene rings is 2. The number of nitrogens with zero attached hydrogens (tertiary/aromatic N) is 1. The second kappa shape index (κ2) is 5.24. The molecule has 19 heavy (non-hydrogen) atoms. The molecular weight excluding hydrogens is 236 g/mol. The topological polar surface area (TPSA) is 44.6 Å². The van der Waals surface area contributed by atoms with E-state index in [1.54, 1.807) is 0 Å². The quantitative estimate of drug-likeness (QED) is 0.879. The number of hydrogen-bond acceptors (Lipinski definition) is 3. The van der Waals surface area contributed by atoms with Gasteiger partial charge in [-0.1, -0.05) is 54.6 Å². The molecule has 0 aromatic heterocycles. The molecule has 96 valence electrons. The van der Waals surface area contributed by atoms with Crippen LogP contribution in [0.25, 0.3) is 0 Å². The molecule has 0 aliphatic carbocycles. The van der Waals surface area contributed by atoms with Crippen molar-refractivity contribution in [3.05, 3.63) is 71.3 Å². The third-order valence-electron chi connectivity index (χ3n) is 3.30. The third kappa shape index (κ3) is 2.37. The molecule has 3 nitrogen and oxygen atoms in total. The highest BCUT2D eigenvalue weighted by Crippen LogP contribution is 2.25. The van der Waals surface area contributed by atoms with E-state index in [4.69, 9.17) is 0 Å². The van der Waals surface area contributed by atoms with Crippen LogP contribution in [0, 0.1) is 0 Å². The monoisotopic (exact) mass is 252 g/mol. The van der Waals surface area contributed by atoms with Gasteiger partial charge in [-0.25, -0.2) is 0 Å². The zero-order valence-electron chi connectivity index (χ0n) is 10.6. The van der Waals surface area contributed by atoms with Crippen molar-refractivity contribution in [3.8, 4) is 0 Å². The van der Waals surface area contributed by atoms with E-state index in [1.165, 1.54) is 0 Å². The Kier molecular flexibility index (Phi) is 3.29. The third-order valence-corrected chi connectivity index (χ3v) is 3.30. The van der Waals surface area contributed by atoms with Crippen molar-refractivity contribution in [1.29, 1.82) is 0 Å². The summed E-state index contributed by atoms with van der Waals surface area (Å²) in [5.74, 6) is 0.880. The van der Waals surface area contributed by atoms with Gasteiger partial charge in [-0.05, 0) is 11.1 Å². The molecule has 0 saturated heterocycles. The van der Waals surface area contributed by atoms with Crippen molar-refractivity contribution in [1.82, 2.24) is 5.32 Å². The van der Waals surface area contributed by atoms with Crippen molar-refractivity contribution in [2.75, 3.05) is 13.1 Å². The largest absolute Gasteiger partial charge is 0.384 e. The van der Waals surface area contributed by atoms with Crippen LogP contribution in [0.1, 0.15) is 22.8 Å². The van der Waals surface area contributed by atoms with Gasteiger partial charge in [-0.2, -0.15) is 0 Å². The molecule has 3 heteroatoms. The number of aliphatic hydroxyl groups is 1. The van der Waals surface area contributed by atoms with Crippen molar-refractivity contribution in [2.45, 2.75) is 6.10 Å². The lowest BCUT2D eigenvalue weighted by Crippen LogP contribution is -2.21. The smallest absolute Gasteiger partial charge is 0.128 e.